The number of aromatic nitrogens is 2. The molecule has 150 valence electrons. The maximum absolute atomic E-state index is 12.9. The van der Waals surface area contributed by atoms with Crippen molar-refractivity contribution in [1.29, 1.82) is 0 Å². The summed E-state index contributed by atoms with van der Waals surface area (Å²) >= 11 is 0. The summed E-state index contributed by atoms with van der Waals surface area (Å²) < 4.78 is 5.75. The fraction of sp³-hybridized carbons (Fsp3) is 0.409. The lowest BCUT2D eigenvalue weighted by atomic mass is 10.2. The molecule has 0 spiro atoms. The molecule has 7 nitrogen and oxygen atoms in total. The quantitative estimate of drug-likeness (QED) is 0.684. The van der Waals surface area contributed by atoms with Crippen LogP contribution in [-0.2, 0) is 0 Å². The number of para-hydroxylation sites is 1. The van der Waals surface area contributed by atoms with E-state index in [1.807, 2.05) is 42.2 Å². The average molecular weight is 391 g/mol. The minimum absolute atomic E-state index is 0.0521. The van der Waals surface area contributed by atoms with Crippen LogP contribution < -0.4 is 9.80 Å². The van der Waals surface area contributed by atoms with Crippen LogP contribution in [0.2, 0.25) is 0 Å². The molecule has 2 aliphatic rings. The Bertz CT molecular complexity index is 1000. The molecule has 0 bridgehead atoms. The SMILES string of the molecule is Cc1cc(N2CCCC2)nc(N2CCN(C(=O)c3cc4ccccc4o3)CC2)n1. The average Bonchev–Trinajstić information content (AvgIpc) is 3.43. The van der Waals surface area contributed by atoms with Crippen LogP contribution in [0.3, 0.4) is 0 Å². The van der Waals surface area contributed by atoms with Gasteiger partial charge < -0.3 is 19.1 Å². The third-order valence-electron chi connectivity index (χ3n) is 5.74. The molecule has 0 unspecified atom stereocenters. The van der Waals surface area contributed by atoms with Crippen molar-refractivity contribution in [2.75, 3.05) is 49.1 Å². The number of furan rings is 1. The number of piperazine rings is 1. The number of carbonyl (C=O) groups is 1. The molecule has 1 amide bonds. The van der Waals surface area contributed by atoms with E-state index in [9.17, 15) is 4.79 Å². The fourth-order valence-corrected chi connectivity index (χ4v) is 4.14. The summed E-state index contributed by atoms with van der Waals surface area (Å²) in [5, 5.41) is 0.956. The van der Waals surface area contributed by atoms with Gasteiger partial charge in [0, 0.05) is 56.4 Å². The number of anilines is 2. The number of amides is 1. The highest BCUT2D eigenvalue weighted by atomic mass is 16.3. The Morgan fingerprint density at radius 1 is 0.931 bits per heavy atom. The second-order valence-corrected chi connectivity index (χ2v) is 7.79. The highest BCUT2D eigenvalue weighted by Gasteiger charge is 2.26. The van der Waals surface area contributed by atoms with E-state index in [0.29, 0.717) is 18.8 Å². The molecule has 29 heavy (non-hydrogen) atoms. The number of benzene rings is 1. The largest absolute Gasteiger partial charge is 0.451 e. The van der Waals surface area contributed by atoms with Gasteiger partial charge in [-0.25, -0.2) is 4.98 Å². The van der Waals surface area contributed by atoms with Gasteiger partial charge in [-0.15, -0.1) is 0 Å². The Kier molecular flexibility index (Phi) is 4.58. The maximum Gasteiger partial charge on any atom is 0.289 e. The third kappa shape index (κ3) is 3.52. The van der Waals surface area contributed by atoms with E-state index < -0.39 is 0 Å². The Morgan fingerprint density at radius 2 is 1.69 bits per heavy atom. The molecule has 2 fully saturated rings. The van der Waals surface area contributed by atoms with Crippen molar-refractivity contribution in [2.24, 2.45) is 0 Å². The number of carbonyl (C=O) groups excluding carboxylic acids is 1. The van der Waals surface area contributed by atoms with E-state index in [4.69, 9.17) is 9.40 Å². The zero-order valence-corrected chi connectivity index (χ0v) is 16.7. The van der Waals surface area contributed by atoms with E-state index in [1.165, 1.54) is 12.8 Å². The van der Waals surface area contributed by atoms with Gasteiger partial charge in [0.15, 0.2) is 5.76 Å². The van der Waals surface area contributed by atoms with Crippen molar-refractivity contribution < 1.29 is 9.21 Å². The molecule has 0 N–H and O–H groups in total. The lowest BCUT2D eigenvalue weighted by Gasteiger charge is -2.34. The lowest BCUT2D eigenvalue weighted by Crippen LogP contribution is -2.49. The van der Waals surface area contributed by atoms with Crippen LogP contribution in [0.15, 0.2) is 40.8 Å². The molecular formula is C22H25N5O2. The summed E-state index contributed by atoms with van der Waals surface area (Å²) in [5.74, 6) is 2.14. The van der Waals surface area contributed by atoms with Gasteiger partial charge in [0.1, 0.15) is 11.4 Å². The van der Waals surface area contributed by atoms with Crippen LogP contribution in [0.1, 0.15) is 29.1 Å². The summed E-state index contributed by atoms with van der Waals surface area (Å²) in [7, 11) is 0. The van der Waals surface area contributed by atoms with Crippen molar-refractivity contribution in [2.45, 2.75) is 19.8 Å². The first-order chi connectivity index (χ1) is 14.2. The van der Waals surface area contributed by atoms with Gasteiger partial charge in [0.05, 0.1) is 0 Å². The predicted octanol–water partition coefficient (Wildman–Crippen LogP) is 3.09. The standard InChI is InChI=1S/C22H25N5O2/c1-16-14-20(25-8-4-5-9-25)24-22(23-16)27-12-10-26(11-13-27)21(28)19-15-17-6-2-3-7-18(17)29-19/h2-3,6-7,14-15H,4-5,8-13H2,1H3. The van der Waals surface area contributed by atoms with Crippen molar-refractivity contribution in [3.05, 3.63) is 47.9 Å². The Morgan fingerprint density at radius 3 is 2.45 bits per heavy atom. The van der Waals surface area contributed by atoms with Gasteiger partial charge in [0.25, 0.3) is 5.91 Å². The van der Waals surface area contributed by atoms with E-state index in [-0.39, 0.29) is 5.91 Å². The minimum Gasteiger partial charge on any atom is -0.451 e. The van der Waals surface area contributed by atoms with Gasteiger partial charge in [-0.05, 0) is 31.9 Å². The second-order valence-electron chi connectivity index (χ2n) is 7.79. The van der Waals surface area contributed by atoms with E-state index in [1.54, 1.807) is 0 Å². The molecule has 3 aromatic rings. The molecule has 5 rings (SSSR count). The van der Waals surface area contributed by atoms with E-state index in [2.05, 4.69) is 20.9 Å². The molecular weight excluding hydrogens is 366 g/mol. The van der Waals surface area contributed by atoms with Crippen LogP contribution in [-0.4, -0.2) is 60.0 Å². The number of nitrogens with zero attached hydrogens (tertiary/aromatic N) is 5. The fourth-order valence-electron chi connectivity index (χ4n) is 4.14. The Hall–Kier alpha value is -3.09. The summed E-state index contributed by atoms with van der Waals surface area (Å²) in [6.07, 6.45) is 2.45. The Balaban J connectivity index is 1.28. The zero-order valence-electron chi connectivity index (χ0n) is 16.7. The van der Waals surface area contributed by atoms with Gasteiger partial charge >= 0.3 is 0 Å². The first kappa shape index (κ1) is 18.0. The topological polar surface area (TPSA) is 65.7 Å². The second kappa shape index (κ2) is 7.39. The zero-order chi connectivity index (χ0) is 19.8. The molecule has 0 saturated carbocycles. The highest BCUT2D eigenvalue weighted by Crippen LogP contribution is 2.23. The van der Waals surface area contributed by atoms with Crippen LogP contribution >= 0.6 is 0 Å². The number of aryl methyl sites for hydroxylation is 1. The molecule has 7 heteroatoms. The van der Waals surface area contributed by atoms with Crippen LogP contribution in [0, 0.1) is 6.92 Å². The molecule has 0 atom stereocenters. The third-order valence-corrected chi connectivity index (χ3v) is 5.74. The molecule has 1 aromatic carbocycles. The van der Waals surface area contributed by atoms with Crippen molar-refractivity contribution in [3.63, 3.8) is 0 Å². The van der Waals surface area contributed by atoms with Gasteiger partial charge in [-0.3, -0.25) is 4.79 Å². The van der Waals surface area contributed by atoms with Crippen molar-refractivity contribution >= 4 is 28.6 Å². The molecule has 2 aromatic heterocycles. The maximum atomic E-state index is 12.9. The van der Waals surface area contributed by atoms with Crippen molar-refractivity contribution in [1.82, 2.24) is 14.9 Å². The normalized spacial score (nSPS) is 17.3. The predicted molar refractivity (Wildman–Crippen MR) is 113 cm³/mol. The number of rotatable bonds is 3. The lowest BCUT2D eigenvalue weighted by molar-refractivity contribution is 0.0716. The first-order valence-electron chi connectivity index (χ1n) is 10.3. The molecule has 0 radical (unpaired) electrons. The van der Waals surface area contributed by atoms with Gasteiger partial charge in [-0.2, -0.15) is 4.98 Å². The number of fused-ring (bicyclic) bond motifs is 1. The molecule has 4 heterocycles. The monoisotopic (exact) mass is 391 g/mol. The summed E-state index contributed by atoms with van der Waals surface area (Å²) in [6, 6.07) is 11.6. The highest BCUT2D eigenvalue weighted by molar-refractivity contribution is 5.96. The van der Waals surface area contributed by atoms with Crippen LogP contribution in [0.4, 0.5) is 11.8 Å². The van der Waals surface area contributed by atoms with E-state index >= 15 is 0 Å². The summed E-state index contributed by atoms with van der Waals surface area (Å²) in [4.78, 5) is 28.7. The Labute approximate surface area is 169 Å². The number of hydrogen-bond acceptors (Lipinski definition) is 6. The van der Waals surface area contributed by atoms with Gasteiger partial charge in [-0.1, -0.05) is 18.2 Å². The summed E-state index contributed by atoms with van der Waals surface area (Å²) in [6.45, 7) is 6.85. The van der Waals surface area contributed by atoms with E-state index in [0.717, 1.165) is 54.6 Å². The molecule has 2 saturated heterocycles. The number of hydrogen-bond donors (Lipinski definition) is 0. The van der Waals surface area contributed by atoms with Gasteiger partial charge in [0.2, 0.25) is 5.95 Å². The van der Waals surface area contributed by atoms with Crippen LogP contribution in [0.5, 0.6) is 0 Å². The molecule has 0 aliphatic carbocycles. The summed E-state index contributed by atoms with van der Waals surface area (Å²) in [5.41, 5.74) is 1.73. The first-order valence-corrected chi connectivity index (χ1v) is 10.3. The smallest absolute Gasteiger partial charge is 0.289 e. The minimum atomic E-state index is -0.0521. The molecule has 2 aliphatic heterocycles. The van der Waals surface area contributed by atoms with Crippen molar-refractivity contribution in [3.8, 4) is 0 Å². The van der Waals surface area contributed by atoms with Crippen LogP contribution in [0.25, 0.3) is 11.0 Å².